The largest absolute Gasteiger partial charge is 0.481 e. The van der Waals surface area contributed by atoms with Gasteiger partial charge in [0.15, 0.2) is 0 Å². The third kappa shape index (κ3) is 1.81. The molecule has 6 heteroatoms. The summed E-state index contributed by atoms with van der Waals surface area (Å²) in [6.07, 6.45) is 0. The van der Waals surface area contributed by atoms with Crippen molar-refractivity contribution in [2.75, 3.05) is 0 Å². The highest BCUT2D eigenvalue weighted by Crippen LogP contribution is 2.64. The van der Waals surface area contributed by atoms with Crippen LogP contribution in [0.3, 0.4) is 0 Å². The van der Waals surface area contributed by atoms with Gasteiger partial charge in [0.05, 0.1) is 10.3 Å². The second kappa shape index (κ2) is 3.80. The lowest BCUT2D eigenvalue weighted by molar-refractivity contribution is -0.143. The predicted molar refractivity (Wildman–Crippen MR) is 65.5 cm³/mol. The first kappa shape index (κ1) is 13.0. The van der Waals surface area contributed by atoms with Crippen LogP contribution in [-0.2, 0) is 14.8 Å². The van der Waals surface area contributed by atoms with E-state index in [1.54, 1.807) is 19.1 Å². The van der Waals surface area contributed by atoms with Gasteiger partial charge in [-0.2, -0.15) is 0 Å². The molecule has 3 unspecified atom stereocenters. The lowest BCUT2D eigenvalue weighted by Gasteiger charge is -2.05. The molecule has 0 amide bonds. The highest BCUT2D eigenvalue weighted by molar-refractivity contribution is 7.89. The highest BCUT2D eigenvalue weighted by atomic mass is 32.2. The van der Waals surface area contributed by atoms with Gasteiger partial charge in [-0.1, -0.05) is 19.1 Å². The third-order valence-corrected chi connectivity index (χ3v) is 4.94. The molecule has 18 heavy (non-hydrogen) atoms. The number of hydrogen-bond acceptors (Lipinski definition) is 3. The van der Waals surface area contributed by atoms with Crippen LogP contribution in [0.15, 0.2) is 29.2 Å². The average molecular weight is 269 g/mol. The number of benzene rings is 1. The molecule has 2 rings (SSSR count). The van der Waals surface area contributed by atoms with Crippen molar-refractivity contribution in [1.82, 2.24) is 0 Å². The van der Waals surface area contributed by atoms with Gasteiger partial charge in [0.1, 0.15) is 0 Å². The maximum Gasteiger partial charge on any atom is 0.310 e. The second-order valence-corrected chi connectivity index (χ2v) is 6.53. The van der Waals surface area contributed by atoms with Crippen molar-refractivity contribution in [1.29, 1.82) is 0 Å². The fourth-order valence-corrected chi connectivity index (χ4v) is 3.07. The van der Waals surface area contributed by atoms with Gasteiger partial charge in [-0.05, 0) is 30.5 Å². The lowest BCUT2D eigenvalue weighted by atomic mass is 10.0. The Balaban J connectivity index is 2.31. The monoisotopic (exact) mass is 269 g/mol. The van der Waals surface area contributed by atoms with Crippen LogP contribution in [0, 0.1) is 11.3 Å². The topological polar surface area (TPSA) is 97.5 Å². The van der Waals surface area contributed by atoms with E-state index >= 15 is 0 Å². The molecule has 0 heterocycles. The number of aliphatic carboxylic acids is 1. The normalized spacial score (nSPS) is 31.1. The number of carboxylic acids is 1. The van der Waals surface area contributed by atoms with Crippen LogP contribution in [0.5, 0.6) is 0 Å². The molecule has 1 fully saturated rings. The van der Waals surface area contributed by atoms with E-state index in [4.69, 9.17) is 5.14 Å². The van der Waals surface area contributed by atoms with E-state index in [0.29, 0.717) is 0 Å². The Hall–Kier alpha value is -1.40. The molecule has 0 saturated heterocycles. The van der Waals surface area contributed by atoms with E-state index in [-0.39, 0.29) is 16.7 Å². The van der Waals surface area contributed by atoms with Gasteiger partial charge in [0, 0.05) is 5.92 Å². The van der Waals surface area contributed by atoms with Crippen LogP contribution in [-0.4, -0.2) is 19.5 Å². The summed E-state index contributed by atoms with van der Waals surface area (Å²) in [4.78, 5) is 11.2. The average Bonchev–Trinajstić information content (AvgIpc) is 2.82. The quantitative estimate of drug-likeness (QED) is 0.860. The zero-order valence-corrected chi connectivity index (χ0v) is 10.9. The van der Waals surface area contributed by atoms with Crippen molar-refractivity contribution in [3.63, 3.8) is 0 Å². The summed E-state index contributed by atoms with van der Waals surface area (Å²) in [6, 6.07) is 6.10. The van der Waals surface area contributed by atoms with E-state index in [1.807, 2.05) is 6.92 Å². The van der Waals surface area contributed by atoms with Gasteiger partial charge in [0.25, 0.3) is 0 Å². The number of sulfonamides is 1. The van der Waals surface area contributed by atoms with E-state index < -0.39 is 21.4 Å². The van der Waals surface area contributed by atoms with Crippen LogP contribution in [0.25, 0.3) is 0 Å². The SMILES string of the molecule is CC1C(c2ccc(S(N)(=O)=O)cc2)C1(C)C(=O)O. The number of nitrogens with two attached hydrogens (primary N) is 1. The zero-order valence-electron chi connectivity index (χ0n) is 10.1. The molecule has 1 aromatic carbocycles. The summed E-state index contributed by atoms with van der Waals surface area (Å²) in [5.74, 6) is -0.865. The van der Waals surface area contributed by atoms with Crippen molar-refractivity contribution in [3.05, 3.63) is 29.8 Å². The van der Waals surface area contributed by atoms with E-state index in [1.165, 1.54) is 12.1 Å². The molecule has 0 bridgehead atoms. The van der Waals surface area contributed by atoms with Crippen molar-refractivity contribution in [2.24, 2.45) is 16.5 Å². The lowest BCUT2D eigenvalue weighted by Crippen LogP contribution is -2.14. The van der Waals surface area contributed by atoms with Gasteiger partial charge >= 0.3 is 5.97 Å². The number of primary sulfonamides is 1. The molecule has 0 aliphatic heterocycles. The zero-order chi connectivity index (χ0) is 13.7. The molecule has 3 N–H and O–H groups in total. The molecule has 0 spiro atoms. The first-order chi connectivity index (χ1) is 8.19. The predicted octanol–water partition coefficient (Wildman–Crippen LogP) is 1.16. The number of carboxylic acid groups (broad SMARTS) is 1. The first-order valence-electron chi connectivity index (χ1n) is 5.55. The smallest absolute Gasteiger partial charge is 0.310 e. The van der Waals surface area contributed by atoms with Gasteiger partial charge in [0.2, 0.25) is 10.0 Å². The van der Waals surface area contributed by atoms with Crippen LogP contribution >= 0.6 is 0 Å². The first-order valence-corrected chi connectivity index (χ1v) is 7.10. The Morgan fingerprint density at radius 3 is 2.17 bits per heavy atom. The molecule has 5 nitrogen and oxygen atoms in total. The van der Waals surface area contributed by atoms with Crippen LogP contribution in [0.1, 0.15) is 25.3 Å². The summed E-state index contributed by atoms with van der Waals surface area (Å²) in [5, 5.41) is 14.2. The Bertz CT molecular complexity index is 593. The molecular weight excluding hydrogens is 254 g/mol. The molecule has 0 radical (unpaired) electrons. The molecule has 3 atom stereocenters. The van der Waals surface area contributed by atoms with Crippen molar-refractivity contribution < 1.29 is 18.3 Å². The minimum absolute atomic E-state index is 0.0373. The minimum Gasteiger partial charge on any atom is -0.481 e. The Labute approximate surface area is 106 Å². The van der Waals surface area contributed by atoms with E-state index in [0.717, 1.165) is 5.56 Å². The van der Waals surface area contributed by atoms with Gasteiger partial charge in [-0.25, -0.2) is 13.6 Å². The Morgan fingerprint density at radius 1 is 1.33 bits per heavy atom. The fraction of sp³-hybridized carbons (Fsp3) is 0.417. The third-order valence-electron chi connectivity index (χ3n) is 4.01. The molecule has 1 aromatic rings. The standard InChI is InChI=1S/C12H15NO4S/c1-7-10(12(7,2)11(14)15)8-3-5-9(6-4-8)18(13,16)17/h3-7,10H,1-2H3,(H,14,15)(H2,13,16,17). The summed E-state index contributed by atoms with van der Waals surface area (Å²) < 4.78 is 22.2. The van der Waals surface area contributed by atoms with Gasteiger partial charge in [-0.3, -0.25) is 4.79 Å². The maximum atomic E-state index is 11.2. The van der Waals surface area contributed by atoms with E-state index in [9.17, 15) is 18.3 Å². The molecular formula is C12H15NO4S. The van der Waals surface area contributed by atoms with Crippen molar-refractivity contribution >= 4 is 16.0 Å². The van der Waals surface area contributed by atoms with Crippen LogP contribution in [0.2, 0.25) is 0 Å². The van der Waals surface area contributed by atoms with Gasteiger partial charge < -0.3 is 5.11 Å². The molecule has 1 aliphatic carbocycles. The van der Waals surface area contributed by atoms with Crippen molar-refractivity contribution in [2.45, 2.75) is 24.7 Å². The summed E-state index contributed by atoms with van der Waals surface area (Å²) in [6.45, 7) is 3.59. The fourth-order valence-electron chi connectivity index (χ4n) is 2.56. The number of rotatable bonds is 3. The summed E-state index contributed by atoms with van der Waals surface area (Å²) in [7, 11) is -3.70. The molecule has 1 aliphatic rings. The molecule has 98 valence electrons. The number of carbonyl (C=O) groups is 1. The minimum atomic E-state index is -3.70. The molecule has 1 saturated carbocycles. The van der Waals surface area contributed by atoms with Crippen LogP contribution in [0.4, 0.5) is 0 Å². The van der Waals surface area contributed by atoms with Gasteiger partial charge in [-0.15, -0.1) is 0 Å². The molecule has 0 aromatic heterocycles. The van der Waals surface area contributed by atoms with Crippen molar-refractivity contribution in [3.8, 4) is 0 Å². The van der Waals surface area contributed by atoms with Crippen LogP contribution < -0.4 is 5.14 Å². The Kier molecular flexibility index (Phi) is 2.75. The number of hydrogen-bond donors (Lipinski definition) is 2. The summed E-state index contributed by atoms with van der Waals surface area (Å²) >= 11 is 0. The van der Waals surface area contributed by atoms with E-state index in [2.05, 4.69) is 0 Å². The Morgan fingerprint density at radius 2 is 1.83 bits per heavy atom. The maximum absolute atomic E-state index is 11.2. The highest BCUT2D eigenvalue weighted by Gasteiger charge is 2.64. The summed E-state index contributed by atoms with van der Waals surface area (Å²) in [5.41, 5.74) is 0.0723. The second-order valence-electron chi connectivity index (χ2n) is 4.97.